The molecule has 0 aliphatic heterocycles. The van der Waals surface area contributed by atoms with Gasteiger partial charge in [-0.2, -0.15) is 0 Å². The molecule has 0 spiro atoms. The van der Waals surface area contributed by atoms with E-state index in [0.717, 1.165) is 10.0 Å². The SMILES string of the molecule is CC(C)CS(=O)(=O)N(C)Cc1ccccc1Br. The van der Waals surface area contributed by atoms with Crippen molar-refractivity contribution in [2.75, 3.05) is 12.8 Å². The van der Waals surface area contributed by atoms with E-state index >= 15 is 0 Å². The van der Waals surface area contributed by atoms with Crippen molar-refractivity contribution in [1.29, 1.82) is 0 Å². The van der Waals surface area contributed by atoms with Crippen LogP contribution in [0.2, 0.25) is 0 Å². The zero-order valence-electron chi connectivity index (χ0n) is 10.4. The molecule has 0 heterocycles. The highest BCUT2D eigenvalue weighted by atomic mass is 79.9. The normalized spacial score (nSPS) is 12.4. The lowest BCUT2D eigenvalue weighted by molar-refractivity contribution is 0.459. The van der Waals surface area contributed by atoms with E-state index in [2.05, 4.69) is 15.9 Å². The molecule has 0 aliphatic carbocycles. The van der Waals surface area contributed by atoms with Crippen LogP contribution in [0.4, 0.5) is 0 Å². The molecule has 0 aromatic heterocycles. The Hall–Kier alpha value is -0.390. The van der Waals surface area contributed by atoms with E-state index in [1.54, 1.807) is 7.05 Å². The highest BCUT2D eigenvalue weighted by molar-refractivity contribution is 9.10. The Kier molecular flexibility index (Phi) is 5.16. The number of hydrogen-bond acceptors (Lipinski definition) is 2. The Balaban J connectivity index is 2.79. The summed E-state index contributed by atoms with van der Waals surface area (Å²) in [6.07, 6.45) is 0. The molecule has 0 N–H and O–H groups in total. The molecule has 0 aliphatic rings. The summed E-state index contributed by atoms with van der Waals surface area (Å²) in [6.45, 7) is 4.21. The molecule has 3 nitrogen and oxygen atoms in total. The summed E-state index contributed by atoms with van der Waals surface area (Å²) in [6, 6.07) is 7.66. The van der Waals surface area contributed by atoms with Gasteiger partial charge in [0, 0.05) is 18.1 Å². The number of benzene rings is 1. The summed E-state index contributed by atoms with van der Waals surface area (Å²) in [5.41, 5.74) is 0.974. The second kappa shape index (κ2) is 5.98. The first-order chi connectivity index (χ1) is 7.83. The van der Waals surface area contributed by atoms with Gasteiger partial charge in [-0.25, -0.2) is 12.7 Å². The van der Waals surface area contributed by atoms with Gasteiger partial charge in [-0.15, -0.1) is 0 Å². The molecule has 0 radical (unpaired) electrons. The molecule has 17 heavy (non-hydrogen) atoms. The van der Waals surface area contributed by atoms with E-state index < -0.39 is 10.0 Å². The molecular formula is C12H18BrNO2S. The largest absolute Gasteiger partial charge is 0.214 e. The Labute approximate surface area is 112 Å². The Morgan fingerprint density at radius 1 is 1.29 bits per heavy atom. The molecule has 0 saturated heterocycles. The van der Waals surface area contributed by atoms with Crippen molar-refractivity contribution in [3.63, 3.8) is 0 Å². The Morgan fingerprint density at radius 3 is 2.41 bits per heavy atom. The first-order valence-corrected chi connectivity index (χ1v) is 7.90. The predicted octanol–water partition coefficient (Wildman–Crippen LogP) is 2.87. The molecule has 96 valence electrons. The topological polar surface area (TPSA) is 37.4 Å². The molecule has 1 aromatic rings. The van der Waals surface area contributed by atoms with Crippen LogP contribution in [0.5, 0.6) is 0 Å². The first-order valence-electron chi connectivity index (χ1n) is 5.50. The van der Waals surface area contributed by atoms with Gasteiger partial charge in [0.2, 0.25) is 10.0 Å². The molecule has 0 atom stereocenters. The second-order valence-electron chi connectivity index (χ2n) is 4.52. The Morgan fingerprint density at radius 2 is 1.88 bits per heavy atom. The fourth-order valence-corrected chi connectivity index (χ4v) is 3.36. The van der Waals surface area contributed by atoms with Crippen LogP contribution in [0.3, 0.4) is 0 Å². The molecule has 1 aromatic carbocycles. The van der Waals surface area contributed by atoms with E-state index in [1.165, 1.54) is 4.31 Å². The van der Waals surface area contributed by atoms with Crippen LogP contribution in [0.25, 0.3) is 0 Å². The number of hydrogen-bond donors (Lipinski definition) is 0. The van der Waals surface area contributed by atoms with Gasteiger partial charge in [0.15, 0.2) is 0 Å². The monoisotopic (exact) mass is 319 g/mol. The van der Waals surface area contributed by atoms with Crippen molar-refractivity contribution in [2.24, 2.45) is 5.92 Å². The minimum Gasteiger partial charge on any atom is -0.212 e. The third-order valence-corrected chi connectivity index (χ3v) is 5.31. The van der Waals surface area contributed by atoms with Crippen LogP contribution >= 0.6 is 15.9 Å². The summed E-state index contributed by atoms with van der Waals surface area (Å²) < 4.78 is 26.3. The maximum absolute atomic E-state index is 12.0. The summed E-state index contributed by atoms with van der Waals surface area (Å²) in [7, 11) is -1.54. The Bertz CT molecular complexity index is 471. The molecule has 0 bridgehead atoms. The molecule has 0 saturated carbocycles. The number of sulfonamides is 1. The lowest BCUT2D eigenvalue weighted by atomic mass is 10.2. The van der Waals surface area contributed by atoms with E-state index in [1.807, 2.05) is 38.1 Å². The van der Waals surface area contributed by atoms with Crippen LogP contribution in [0, 0.1) is 5.92 Å². The van der Waals surface area contributed by atoms with Crippen LogP contribution in [-0.4, -0.2) is 25.5 Å². The quantitative estimate of drug-likeness (QED) is 0.836. The van der Waals surface area contributed by atoms with Gasteiger partial charge in [0.05, 0.1) is 5.75 Å². The standard InChI is InChI=1S/C12H18BrNO2S/c1-10(2)9-17(15,16)14(3)8-11-6-4-5-7-12(11)13/h4-7,10H,8-9H2,1-3H3. The van der Waals surface area contributed by atoms with Crippen molar-refractivity contribution < 1.29 is 8.42 Å². The number of halogens is 1. The second-order valence-corrected chi connectivity index (χ2v) is 7.49. The molecule has 1 rings (SSSR count). The van der Waals surface area contributed by atoms with E-state index in [-0.39, 0.29) is 11.7 Å². The molecule has 0 fully saturated rings. The van der Waals surface area contributed by atoms with Gasteiger partial charge in [0.25, 0.3) is 0 Å². The van der Waals surface area contributed by atoms with Crippen LogP contribution in [0.1, 0.15) is 19.4 Å². The van der Waals surface area contributed by atoms with Crippen molar-refractivity contribution >= 4 is 26.0 Å². The van der Waals surface area contributed by atoms with Crippen molar-refractivity contribution in [3.05, 3.63) is 34.3 Å². The fraction of sp³-hybridized carbons (Fsp3) is 0.500. The predicted molar refractivity (Wildman–Crippen MR) is 74.2 cm³/mol. The number of nitrogens with zero attached hydrogens (tertiary/aromatic N) is 1. The van der Waals surface area contributed by atoms with Gasteiger partial charge in [-0.1, -0.05) is 48.0 Å². The molecule has 5 heteroatoms. The highest BCUT2D eigenvalue weighted by Crippen LogP contribution is 2.19. The smallest absolute Gasteiger partial charge is 0.212 e. The zero-order chi connectivity index (χ0) is 13.1. The van der Waals surface area contributed by atoms with Crippen molar-refractivity contribution in [3.8, 4) is 0 Å². The number of rotatable bonds is 5. The van der Waals surface area contributed by atoms with Gasteiger partial charge in [0.1, 0.15) is 0 Å². The van der Waals surface area contributed by atoms with Gasteiger partial charge >= 0.3 is 0 Å². The maximum atomic E-state index is 12.0. The average Bonchev–Trinajstić information content (AvgIpc) is 2.19. The summed E-state index contributed by atoms with van der Waals surface area (Å²) in [5.74, 6) is 0.329. The average molecular weight is 320 g/mol. The summed E-state index contributed by atoms with van der Waals surface area (Å²) >= 11 is 3.42. The maximum Gasteiger partial charge on any atom is 0.214 e. The van der Waals surface area contributed by atoms with Crippen LogP contribution < -0.4 is 0 Å². The van der Waals surface area contributed by atoms with E-state index in [0.29, 0.717) is 6.54 Å². The summed E-state index contributed by atoms with van der Waals surface area (Å²) in [4.78, 5) is 0. The van der Waals surface area contributed by atoms with E-state index in [9.17, 15) is 8.42 Å². The lowest BCUT2D eigenvalue weighted by Gasteiger charge is -2.19. The highest BCUT2D eigenvalue weighted by Gasteiger charge is 2.19. The fourth-order valence-electron chi connectivity index (χ4n) is 1.51. The minimum atomic E-state index is -3.16. The van der Waals surface area contributed by atoms with Crippen LogP contribution in [-0.2, 0) is 16.6 Å². The third kappa shape index (κ3) is 4.41. The lowest BCUT2D eigenvalue weighted by Crippen LogP contribution is -2.30. The van der Waals surface area contributed by atoms with Gasteiger partial charge < -0.3 is 0 Å². The van der Waals surface area contributed by atoms with Gasteiger partial charge in [-0.05, 0) is 17.5 Å². The van der Waals surface area contributed by atoms with Crippen LogP contribution in [0.15, 0.2) is 28.7 Å². The first kappa shape index (κ1) is 14.7. The molecule has 0 amide bonds. The molecule has 0 unspecified atom stereocenters. The third-order valence-electron chi connectivity index (χ3n) is 2.37. The minimum absolute atomic E-state index is 0.140. The van der Waals surface area contributed by atoms with Gasteiger partial charge in [-0.3, -0.25) is 0 Å². The van der Waals surface area contributed by atoms with E-state index in [4.69, 9.17) is 0 Å². The van der Waals surface area contributed by atoms with Crippen molar-refractivity contribution in [2.45, 2.75) is 20.4 Å². The molecular weight excluding hydrogens is 302 g/mol. The summed E-state index contributed by atoms with van der Waals surface area (Å²) in [5, 5.41) is 0. The van der Waals surface area contributed by atoms with Crippen molar-refractivity contribution in [1.82, 2.24) is 4.31 Å². The zero-order valence-corrected chi connectivity index (χ0v) is 12.8.